The smallest absolute Gasteiger partial charge is 0.272 e. The lowest BCUT2D eigenvalue weighted by Gasteiger charge is -2.20. The SMILES string of the molecule is O=C1C=NC(c2nccs2)c2ccccc2N1c1nccs1. The van der Waals surface area contributed by atoms with E-state index in [1.807, 2.05) is 35.0 Å². The van der Waals surface area contributed by atoms with Gasteiger partial charge in [-0.05, 0) is 6.07 Å². The Hall–Kier alpha value is -2.38. The molecule has 0 saturated carbocycles. The number of hydrogen-bond acceptors (Lipinski definition) is 6. The molecule has 1 atom stereocenters. The van der Waals surface area contributed by atoms with E-state index in [-0.39, 0.29) is 11.9 Å². The number of thiazole rings is 2. The van der Waals surface area contributed by atoms with Crippen molar-refractivity contribution >= 4 is 45.6 Å². The second-order valence-corrected chi connectivity index (χ2v) is 6.40. The lowest BCUT2D eigenvalue weighted by atomic mass is 10.1. The molecule has 0 spiro atoms. The predicted octanol–water partition coefficient (Wildman–Crippen LogP) is 3.44. The molecule has 0 radical (unpaired) electrons. The molecule has 1 amide bonds. The molecule has 3 heterocycles. The second kappa shape index (κ2) is 5.43. The summed E-state index contributed by atoms with van der Waals surface area (Å²) in [5, 5.41) is 5.28. The Morgan fingerprint density at radius 3 is 2.64 bits per heavy atom. The van der Waals surface area contributed by atoms with Crippen LogP contribution >= 0.6 is 22.7 Å². The molecular weight excluding hydrogens is 316 g/mol. The first-order chi connectivity index (χ1) is 10.8. The Kier molecular flexibility index (Phi) is 3.28. The van der Waals surface area contributed by atoms with Crippen LogP contribution in [0.15, 0.2) is 52.4 Å². The Morgan fingerprint density at radius 1 is 1.05 bits per heavy atom. The molecule has 1 unspecified atom stereocenters. The zero-order valence-electron chi connectivity index (χ0n) is 11.3. The van der Waals surface area contributed by atoms with Crippen molar-refractivity contribution < 1.29 is 4.79 Å². The molecule has 7 heteroatoms. The van der Waals surface area contributed by atoms with E-state index in [0.29, 0.717) is 5.13 Å². The normalized spacial score (nSPS) is 17.4. The maximum Gasteiger partial charge on any atom is 0.275 e. The van der Waals surface area contributed by atoms with Gasteiger partial charge in [0, 0.05) is 28.7 Å². The van der Waals surface area contributed by atoms with E-state index in [2.05, 4.69) is 15.0 Å². The Bertz CT molecular complexity index is 827. The highest BCUT2D eigenvalue weighted by atomic mass is 32.1. The highest BCUT2D eigenvalue weighted by Crippen LogP contribution is 2.39. The summed E-state index contributed by atoms with van der Waals surface area (Å²) in [5.74, 6) is -0.193. The average molecular weight is 326 g/mol. The van der Waals surface area contributed by atoms with Crippen molar-refractivity contribution in [1.82, 2.24) is 9.97 Å². The minimum Gasteiger partial charge on any atom is -0.272 e. The maximum atomic E-state index is 12.5. The van der Waals surface area contributed by atoms with E-state index >= 15 is 0 Å². The van der Waals surface area contributed by atoms with Crippen LogP contribution in [-0.4, -0.2) is 22.1 Å². The van der Waals surface area contributed by atoms with Crippen molar-refractivity contribution in [3.63, 3.8) is 0 Å². The number of amides is 1. The molecule has 4 rings (SSSR count). The van der Waals surface area contributed by atoms with Gasteiger partial charge in [0.25, 0.3) is 5.91 Å². The fraction of sp³-hybridized carbons (Fsp3) is 0.0667. The summed E-state index contributed by atoms with van der Waals surface area (Å²) in [6.45, 7) is 0. The van der Waals surface area contributed by atoms with Gasteiger partial charge in [-0.15, -0.1) is 22.7 Å². The fourth-order valence-electron chi connectivity index (χ4n) is 2.41. The standard InChI is InChI=1S/C15H10N4OS2/c20-12-9-18-13(14-16-5-7-21-14)10-3-1-2-4-11(10)19(12)15-17-6-8-22-15/h1-9,13H. The van der Waals surface area contributed by atoms with Gasteiger partial charge in [-0.25, -0.2) is 9.97 Å². The summed E-state index contributed by atoms with van der Waals surface area (Å²) in [5.41, 5.74) is 1.76. The van der Waals surface area contributed by atoms with Gasteiger partial charge >= 0.3 is 0 Å². The molecule has 1 aromatic carbocycles. The van der Waals surface area contributed by atoms with Crippen molar-refractivity contribution in [3.05, 3.63) is 58.0 Å². The summed E-state index contributed by atoms with van der Waals surface area (Å²) in [6.07, 6.45) is 4.81. The zero-order valence-corrected chi connectivity index (χ0v) is 12.9. The molecule has 1 aliphatic rings. The molecule has 0 saturated heterocycles. The number of fused-ring (bicyclic) bond motifs is 1. The van der Waals surface area contributed by atoms with Crippen LogP contribution in [0.4, 0.5) is 10.8 Å². The number of anilines is 2. The number of para-hydroxylation sites is 1. The number of nitrogens with zero attached hydrogens (tertiary/aromatic N) is 4. The summed E-state index contributed by atoms with van der Waals surface area (Å²) >= 11 is 2.96. The first-order valence-corrected chi connectivity index (χ1v) is 8.35. The van der Waals surface area contributed by atoms with E-state index in [0.717, 1.165) is 16.3 Å². The summed E-state index contributed by atoms with van der Waals surface area (Å²) in [6, 6.07) is 7.51. The van der Waals surface area contributed by atoms with E-state index < -0.39 is 0 Å². The van der Waals surface area contributed by atoms with Crippen molar-refractivity contribution in [1.29, 1.82) is 0 Å². The predicted molar refractivity (Wildman–Crippen MR) is 88.2 cm³/mol. The van der Waals surface area contributed by atoms with Crippen LogP contribution < -0.4 is 4.90 Å². The monoisotopic (exact) mass is 326 g/mol. The van der Waals surface area contributed by atoms with Gasteiger partial charge in [0.1, 0.15) is 11.0 Å². The molecule has 3 aromatic rings. The van der Waals surface area contributed by atoms with Crippen LogP contribution in [0.5, 0.6) is 0 Å². The summed E-state index contributed by atoms with van der Waals surface area (Å²) in [7, 11) is 0. The first-order valence-electron chi connectivity index (χ1n) is 6.59. The number of aliphatic imine (C=N–C) groups is 1. The third-order valence-corrected chi connectivity index (χ3v) is 4.91. The maximum absolute atomic E-state index is 12.5. The number of benzene rings is 1. The molecule has 2 aromatic heterocycles. The van der Waals surface area contributed by atoms with Gasteiger partial charge < -0.3 is 0 Å². The van der Waals surface area contributed by atoms with Crippen LogP contribution in [-0.2, 0) is 4.79 Å². The summed E-state index contributed by atoms with van der Waals surface area (Å²) < 4.78 is 0. The van der Waals surface area contributed by atoms with Crippen molar-refractivity contribution in [2.75, 3.05) is 4.90 Å². The summed E-state index contributed by atoms with van der Waals surface area (Å²) in [4.78, 5) is 27.2. The lowest BCUT2D eigenvalue weighted by Crippen LogP contribution is -2.26. The minimum absolute atomic E-state index is 0.193. The van der Waals surface area contributed by atoms with Crippen LogP contribution in [0.3, 0.4) is 0 Å². The van der Waals surface area contributed by atoms with E-state index in [1.165, 1.54) is 28.9 Å². The van der Waals surface area contributed by atoms with Crippen molar-refractivity contribution in [3.8, 4) is 0 Å². The largest absolute Gasteiger partial charge is 0.275 e. The van der Waals surface area contributed by atoms with Crippen molar-refractivity contribution in [2.24, 2.45) is 4.99 Å². The van der Waals surface area contributed by atoms with Gasteiger partial charge in [0.05, 0.1) is 11.9 Å². The molecule has 22 heavy (non-hydrogen) atoms. The van der Waals surface area contributed by atoms with E-state index in [9.17, 15) is 4.79 Å². The average Bonchev–Trinajstić information content (AvgIpc) is 3.21. The number of carbonyl (C=O) groups is 1. The Morgan fingerprint density at radius 2 is 1.86 bits per heavy atom. The zero-order chi connectivity index (χ0) is 14.9. The number of aromatic nitrogens is 2. The molecule has 108 valence electrons. The molecule has 1 aliphatic heterocycles. The lowest BCUT2D eigenvalue weighted by molar-refractivity contribution is -0.111. The highest BCUT2D eigenvalue weighted by molar-refractivity contribution is 7.14. The van der Waals surface area contributed by atoms with Crippen molar-refractivity contribution in [2.45, 2.75) is 6.04 Å². The molecule has 0 N–H and O–H groups in total. The van der Waals surface area contributed by atoms with Gasteiger partial charge in [0.15, 0.2) is 5.13 Å². The number of hydrogen-bond donors (Lipinski definition) is 0. The highest BCUT2D eigenvalue weighted by Gasteiger charge is 2.29. The Labute approximate surface area is 134 Å². The van der Waals surface area contributed by atoms with Gasteiger partial charge in [0.2, 0.25) is 0 Å². The van der Waals surface area contributed by atoms with Gasteiger partial charge in [-0.2, -0.15) is 0 Å². The molecule has 0 aliphatic carbocycles. The quantitative estimate of drug-likeness (QED) is 0.725. The number of carbonyl (C=O) groups excluding carboxylic acids is 1. The topological polar surface area (TPSA) is 58.5 Å². The molecular formula is C15H10N4OS2. The molecule has 0 bridgehead atoms. The first kappa shape index (κ1) is 13.3. The third-order valence-electron chi connectivity index (χ3n) is 3.32. The van der Waals surface area contributed by atoms with Crippen LogP contribution in [0.2, 0.25) is 0 Å². The molecule has 0 fully saturated rings. The number of rotatable bonds is 2. The second-order valence-electron chi connectivity index (χ2n) is 4.60. The van der Waals surface area contributed by atoms with E-state index in [4.69, 9.17) is 0 Å². The van der Waals surface area contributed by atoms with Gasteiger partial charge in [-0.1, -0.05) is 18.2 Å². The Balaban J connectivity index is 1.92. The van der Waals surface area contributed by atoms with Crippen LogP contribution in [0, 0.1) is 0 Å². The fourth-order valence-corrected chi connectivity index (χ4v) is 3.77. The minimum atomic E-state index is -0.259. The third kappa shape index (κ3) is 2.15. The van der Waals surface area contributed by atoms with Crippen LogP contribution in [0.25, 0.3) is 0 Å². The van der Waals surface area contributed by atoms with Gasteiger partial charge in [-0.3, -0.25) is 14.7 Å². The van der Waals surface area contributed by atoms with Crippen LogP contribution in [0.1, 0.15) is 16.6 Å². The molecule has 5 nitrogen and oxygen atoms in total. The van der Waals surface area contributed by atoms with E-state index in [1.54, 1.807) is 17.3 Å².